The molecule has 1 aromatic carbocycles. The number of nitrogens with one attached hydrogen (secondary N) is 2. The molecule has 94 valence electrons. The molecule has 1 fully saturated rings. The van der Waals surface area contributed by atoms with Gasteiger partial charge in [0.2, 0.25) is 0 Å². The summed E-state index contributed by atoms with van der Waals surface area (Å²) >= 11 is 0. The third-order valence-corrected chi connectivity index (χ3v) is 2.92. The number of Topliss-reactive ketones (excluding diaryl/α,β-unsaturated/α-hetero) is 1. The maximum atomic E-state index is 12.2. The summed E-state index contributed by atoms with van der Waals surface area (Å²) in [4.78, 5) is 25.7. The van der Waals surface area contributed by atoms with Gasteiger partial charge in [0.1, 0.15) is 6.10 Å². The number of hydrogen-bond acceptors (Lipinski definition) is 5. The third kappa shape index (κ3) is 1.96. The maximum Gasteiger partial charge on any atom is 0.417 e. The normalized spacial score (nSPS) is 20.1. The molecule has 1 unspecified atom stereocenters. The Labute approximate surface area is 102 Å². The first-order valence-corrected chi connectivity index (χ1v) is 5.73. The number of morpholine rings is 1. The molecule has 1 aromatic heterocycles. The average molecular weight is 248 g/mol. The topological polar surface area (TPSA) is 84.3 Å². The Bertz CT molecular complexity index is 637. The molecule has 2 N–H and O–H groups in total. The number of hydrogen-bond donors (Lipinski definition) is 2. The number of fused-ring (bicyclic) bond motifs is 1. The van der Waals surface area contributed by atoms with E-state index in [-0.39, 0.29) is 5.78 Å². The number of aromatic nitrogens is 1. The average Bonchev–Trinajstić information content (AvgIpc) is 2.78. The van der Waals surface area contributed by atoms with Crippen LogP contribution in [-0.4, -0.2) is 36.6 Å². The molecule has 1 atom stereocenters. The highest BCUT2D eigenvalue weighted by atomic mass is 16.5. The Morgan fingerprint density at radius 3 is 3.06 bits per heavy atom. The van der Waals surface area contributed by atoms with E-state index in [9.17, 15) is 9.59 Å². The Kier molecular flexibility index (Phi) is 2.73. The van der Waals surface area contributed by atoms with Gasteiger partial charge in [-0.05, 0) is 18.2 Å². The minimum Gasteiger partial charge on any atom is -0.408 e. The largest absolute Gasteiger partial charge is 0.417 e. The molecule has 0 radical (unpaired) electrons. The molecule has 1 aliphatic rings. The first-order chi connectivity index (χ1) is 8.74. The van der Waals surface area contributed by atoms with Gasteiger partial charge in [0.15, 0.2) is 11.4 Å². The molecule has 0 aliphatic carbocycles. The number of carbonyl (C=O) groups excluding carboxylic acids is 1. The van der Waals surface area contributed by atoms with E-state index in [2.05, 4.69) is 10.3 Å². The highest BCUT2D eigenvalue weighted by Gasteiger charge is 2.23. The molecule has 6 nitrogen and oxygen atoms in total. The van der Waals surface area contributed by atoms with Gasteiger partial charge in [0.25, 0.3) is 0 Å². The summed E-state index contributed by atoms with van der Waals surface area (Å²) in [6, 6.07) is 4.86. The highest BCUT2D eigenvalue weighted by Crippen LogP contribution is 2.15. The van der Waals surface area contributed by atoms with Crippen molar-refractivity contribution in [3.8, 4) is 0 Å². The van der Waals surface area contributed by atoms with Crippen LogP contribution in [0.3, 0.4) is 0 Å². The smallest absolute Gasteiger partial charge is 0.408 e. The molecule has 2 heterocycles. The molecule has 0 amide bonds. The number of rotatable bonds is 2. The van der Waals surface area contributed by atoms with Gasteiger partial charge >= 0.3 is 5.76 Å². The zero-order valence-electron chi connectivity index (χ0n) is 9.56. The number of carbonyl (C=O) groups is 1. The fourth-order valence-electron chi connectivity index (χ4n) is 2.02. The van der Waals surface area contributed by atoms with Gasteiger partial charge in [0.05, 0.1) is 12.1 Å². The van der Waals surface area contributed by atoms with Crippen molar-refractivity contribution in [2.24, 2.45) is 0 Å². The van der Waals surface area contributed by atoms with E-state index in [0.717, 1.165) is 6.54 Å². The van der Waals surface area contributed by atoms with Crippen molar-refractivity contribution in [2.75, 3.05) is 19.7 Å². The standard InChI is InChI=1S/C12H12N2O4/c15-11(10-6-13-3-4-17-10)7-1-2-9-8(5-7)14-12(16)18-9/h1-2,5,10,13H,3-4,6H2,(H,14,16). The van der Waals surface area contributed by atoms with Crippen LogP contribution in [0, 0.1) is 0 Å². The summed E-state index contributed by atoms with van der Waals surface area (Å²) in [6.07, 6.45) is -0.463. The number of aromatic amines is 1. The number of ether oxygens (including phenoxy) is 1. The molecule has 0 bridgehead atoms. The molecular formula is C12H12N2O4. The maximum absolute atomic E-state index is 12.2. The molecule has 6 heteroatoms. The van der Waals surface area contributed by atoms with Crippen LogP contribution in [0.4, 0.5) is 0 Å². The second-order valence-electron chi connectivity index (χ2n) is 4.15. The van der Waals surface area contributed by atoms with Gasteiger partial charge in [-0.1, -0.05) is 0 Å². The number of oxazole rings is 1. The quantitative estimate of drug-likeness (QED) is 0.746. The lowest BCUT2D eigenvalue weighted by Gasteiger charge is -2.22. The SMILES string of the molecule is O=C(c1ccc2oc(=O)[nH]c2c1)C1CNCCO1. The number of ketones is 1. The van der Waals surface area contributed by atoms with Crippen molar-refractivity contribution in [2.45, 2.75) is 6.10 Å². The summed E-state index contributed by atoms with van der Waals surface area (Å²) < 4.78 is 10.3. The Morgan fingerprint density at radius 2 is 2.28 bits per heavy atom. The van der Waals surface area contributed by atoms with Crippen LogP contribution in [0.5, 0.6) is 0 Å². The van der Waals surface area contributed by atoms with E-state index in [1.807, 2.05) is 0 Å². The van der Waals surface area contributed by atoms with E-state index in [0.29, 0.717) is 29.8 Å². The van der Waals surface area contributed by atoms with Crippen LogP contribution in [0.2, 0.25) is 0 Å². The predicted molar refractivity (Wildman–Crippen MR) is 63.8 cm³/mol. The first-order valence-electron chi connectivity index (χ1n) is 5.73. The summed E-state index contributed by atoms with van der Waals surface area (Å²) in [5, 5.41) is 3.10. The van der Waals surface area contributed by atoms with E-state index in [1.54, 1.807) is 18.2 Å². The summed E-state index contributed by atoms with van der Waals surface area (Å²) in [6.45, 7) is 1.80. The van der Waals surface area contributed by atoms with Crippen molar-refractivity contribution in [3.63, 3.8) is 0 Å². The van der Waals surface area contributed by atoms with E-state index < -0.39 is 11.9 Å². The molecular weight excluding hydrogens is 236 g/mol. The molecule has 1 saturated heterocycles. The molecule has 3 rings (SSSR count). The Balaban J connectivity index is 1.92. The number of benzene rings is 1. The molecule has 2 aromatic rings. The van der Waals surface area contributed by atoms with Gasteiger partial charge in [-0.3, -0.25) is 9.78 Å². The second-order valence-corrected chi connectivity index (χ2v) is 4.15. The van der Waals surface area contributed by atoms with Crippen molar-refractivity contribution < 1.29 is 13.9 Å². The predicted octanol–water partition coefficient (Wildman–Crippen LogP) is 0.292. The number of H-pyrrole nitrogens is 1. The van der Waals surface area contributed by atoms with Crippen molar-refractivity contribution in [3.05, 3.63) is 34.3 Å². The van der Waals surface area contributed by atoms with Gasteiger partial charge < -0.3 is 14.5 Å². The molecule has 0 spiro atoms. The van der Waals surface area contributed by atoms with Crippen molar-refractivity contribution >= 4 is 16.9 Å². The Morgan fingerprint density at radius 1 is 1.39 bits per heavy atom. The van der Waals surface area contributed by atoms with Crippen LogP contribution in [0.25, 0.3) is 11.1 Å². The molecule has 0 saturated carbocycles. The van der Waals surface area contributed by atoms with Crippen LogP contribution in [-0.2, 0) is 4.74 Å². The fraction of sp³-hybridized carbons (Fsp3) is 0.333. The zero-order valence-corrected chi connectivity index (χ0v) is 9.56. The van der Waals surface area contributed by atoms with Gasteiger partial charge in [-0.25, -0.2) is 4.79 Å². The molecule has 1 aliphatic heterocycles. The summed E-state index contributed by atoms with van der Waals surface area (Å²) in [5.41, 5.74) is 1.47. The van der Waals surface area contributed by atoms with Gasteiger partial charge in [0, 0.05) is 18.7 Å². The first kappa shape index (κ1) is 11.2. The van der Waals surface area contributed by atoms with E-state index in [1.165, 1.54) is 0 Å². The minimum absolute atomic E-state index is 0.0915. The summed E-state index contributed by atoms with van der Waals surface area (Å²) in [7, 11) is 0. The monoisotopic (exact) mass is 248 g/mol. The van der Waals surface area contributed by atoms with Crippen LogP contribution in [0.15, 0.2) is 27.4 Å². The van der Waals surface area contributed by atoms with Crippen LogP contribution < -0.4 is 11.1 Å². The lowest BCUT2D eigenvalue weighted by Crippen LogP contribution is -2.43. The lowest BCUT2D eigenvalue weighted by atomic mass is 10.1. The van der Waals surface area contributed by atoms with E-state index >= 15 is 0 Å². The summed E-state index contributed by atoms with van der Waals surface area (Å²) in [5.74, 6) is -0.615. The zero-order chi connectivity index (χ0) is 12.5. The fourth-order valence-corrected chi connectivity index (χ4v) is 2.02. The van der Waals surface area contributed by atoms with Gasteiger partial charge in [-0.2, -0.15) is 0 Å². The van der Waals surface area contributed by atoms with Crippen molar-refractivity contribution in [1.29, 1.82) is 0 Å². The van der Waals surface area contributed by atoms with Crippen LogP contribution in [0.1, 0.15) is 10.4 Å². The minimum atomic E-state index is -0.523. The second kappa shape index (κ2) is 4.40. The Hall–Kier alpha value is -1.92. The third-order valence-electron chi connectivity index (χ3n) is 2.92. The highest BCUT2D eigenvalue weighted by molar-refractivity contribution is 6.01. The van der Waals surface area contributed by atoms with Gasteiger partial charge in [-0.15, -0.1) is 0 Å². The lowest BCUT2D eigenvalue weighted by molar-refractivity contribution is 0.0269. The van der Waals surface area contributed by atoms with Crippen LogP contribution >= 0.6 is 0 Å². The molecule has 18 heavy (non-hydrogen) atoms. The van der Waals surface area contributed by atoms with E-state index in [4.69, 9.17) is 9.15 Å². The van der Waals surface area contributed by atoms with Crippen molar-refractivity contribution in [1.82, 2.24) is 10.3 Å².